The fourth-order valence-electron chi connectivity index (χ4n) is 1.93. The summed E-state index contributed by atoms with van der Waals surface area (Å²) in [6.45, 7) is 0. The topological polar surface area (TPSA) is 37.8 Å². The molecule has 20 heavy (non-hydrogen) atoms. The minimum atomic E-state index is -4.30. The summed E-state index contributed by atoms with van der Waals surface area (Å²) in [6.07, 6.45) is -0.648. The lowest BCUT2D eigenvalue weighted by Gasteiger charge is -2.16. The summed E-state index contributed by atoms with van der Waals surface area (Å²) < 4.78 is 37.5. The van der Waals surface area contributed by atoms with E-state index in [0.717, 1.165) is 23.4 Å². The van der Waals surface area contributed by atoms with Crippen molar-refractivity contribution in [3.63, 3.8) is 0 Å². The quantitative estimate of drug-likeness (QED) is 0.936. The van der Waals surface area contributed by atoms with Gasteiger partial charge in [-0.3, -0.25) is 0 Å². The maximum Gasteiger partial charge on any atom is 0.416 e. The monoisotopic (exact) mass is 281 g/mol. The zero-order valence-corrected chi connectivity index (χ0v) is 10.9. The highest BCUT2D eigenvalue weighted by atomic mass is 19.4. The lowest BCUT2D eigenvalue weighted by molar-refractivity contribution is -0.137. The number of alkyl halides is 3. The van der Waals surface area contributed by atoms with Gasteiger partial charge in [-0.1, -0.05) is 12.1 Å². The SMILES string of the molecule is CNC(Cc1ccc(C(F)(F)F)cc1)c1ccncn1. The van der Waals surface area contributed by atoms with Crippen LogP contribution in [-0.4, -0.2) is 17.0 Å². The smallest absolute Gasteiger partial charge is 0.311 e. The second kappa shape index (κ2) is 6.00. The van der Waals surface area contributed by atoms with E-state index in [-0.39, 0.29) is 6.04 Å². The van der Waals surface area contributed by atoms with Gasteiger partial charge in [-0.05, 0) is 37.2 Å². The molecule has 0 spiro atoms. The van der Waals surface area contributed by atoms with Crippen molar-refractivity contribution < 1.29 is 13.2 Å². The van der Waals surface area contributed by atoms with Crippen LogP contribution in [0.15, 0.2) is 42.9 Å². The van der Waals surface area contributed by atoms with Crippen molar-refractivity contribution in [2.75, 3.05) is 7.05 Å². The molecule has 1 heterocycles. The molecule has 0 fully saturated rings. The van der Waals surface area contributed by atoms with Gasteiger partial charge in [-0.15, -0.1) is 0 Å². The van der Waals surface area contributed by atoms with Gasteiger partial charge in [-0.25, -0.2) is 9.97 Å². The molecule has 3 nitrogen and oxygen atoms in total. The number of hydrogen-bond donors (Lipinski definition) is 1. The Kier molecular flexibility index (Phi) is 4.34. The fraction of sp³-hybridized carbons (Fsp3) is 0.286. The van der Waals surface area contributed by atoms with Crippen molar-refractivity contribution in [3.05, 3.63) is 59.7 Å². The molecule has 1 atom stereocenters. The zero-order chi connectivity index (χ0) is 14.6. The summed E-state index contributed by atoms with van der Waals surface area (Å²) in [5.74, 6) is 0. The fourth-order valence-corrected chi connectivity index (χ4v) is 1.93. The van der Waals surface area contributed by atoms with Gasteiger partial charge in [0, 0.05) is 6.20 Å². The first-order chi connectivity index (χ1) is 9.50. The number of aromatic nitrogens is 2. The molecule has 2 rings (SSSR count). The molecule has 1 N–H and O–H groups in total. The van der Waals surface area contributed by atoms with Crippen LogP contribution in [0.2, 0.25) is 0 Å². The van der Waals surface area contributed by atoms with Crippen molar-refractivity contribution in [2.24, 2.45) is 0 Å². The number of halogens is 3. The minimum Gasteiger partial charge on any atom is -0.311 e. The largest absolute Gasteiger partial charge is 0.416 e. The number of likely N-dealkylation sites (N-methyl/N-ethyl adjacent to an activating group) is 1. The summed E-state index contributed by atoms with van der Waals surface area (Å²) in [7, 11) is 1.79. The van der Waals surface area contributed by atoms with Gasteiger partial charge in [0.25, 0.3) is 0 Å². The average molecular weight is 281 g/mol. The van der Waals surface area contributed by atoms with E-state index in [1.54, 1.807) is 19.3 Å². The Morgan fingerprint density at radius 1 is 1.15 bits per heavy atom. The Morgan fingerprint density at radius 3 is 2.35 bits per heavy atom. The van der Waals surface area contributed by atoms with Gasteiger partial charge in [0.15, 0.2) is 0 Å². The van der Waals surface area contributed by atoms with E-state index in [0.29, 0.717) is 6.42 Å². The first-order valence-electron chi connectivity index (χ1n) is 6.10. The van der Waals surface area contributed by atoms with Crippen LogP contribution >= 0.6 is 0 Å². The molecule has 0 aliphatic rings. The van der Waals surface area contributed by atoms with Gasteiger partial charge in [-0.2, -0.15) is 13.2 Å². The van der Waals surface area contributed by atoms with Gasteiger partial charge in [0.05, 0.1) is 17.3 Å². The molecule has 6 heteroatoms. The Bertz CT molecular complexity index is 538. The van der Waals surface area contributed by atoms with Gasteiger partial charge < -0.3 is 5.32 Å². The Hall–Kier alpha value is -1.95. The van der Waals surface area contributed by atoms with Crippen LogP contribution in [0.1, 0.15) is 22.9 Å². The van der Waals surface area contributed by atoms with Crippen LogP contribution in [-0.2, 0) is 12.6 Å². The first-order valence-corrected chi connectivity index (χ1v) is 6.10. The van der Waals surface area contributed by atoms with E-state index < -0.39 is 11.7 Å². The third-order valence-electron chi connectivity index (χ3n) is 3.03. The van der Waals surface area contributed by atoms with Crippen LogP contribution in [0.4, 0.5) is 13.2 Å². The van der Waals surface area contributed by atoms with E-state index >= 15 is 0 Å². The van der Waals surface area contributed by atoms with E-state index in [1.165, 1.54) is 18.5 Å². The molecule has 2 aromatic rings. The third kappa shape index (κ3) is 3.54. The molecule has 0 saturated carbocycles. The number of nitrogens with zero attached hydrogens (tertiary/aromatic N) is 2. The molecule has 0 saturated heterocycles. The van der Waals surface area contributed by atoms with E-state index in [1.807, 2.05) is 0 Å². The average Bonchev–Trinajstić information content (AvgIpc) is 2.45. The molecule has 1 unspecified atom stereocenters. The Labute approximate surface area is 114 Å². The number of hydrogen-bond acceptors (Lipinski definition) is 3. The summed E-state index contributed by atoms with van der Waals surface area (Å²) >= 11 is 0. The molecule has 1 aromatic heterocycles. The highest BCUT2D eigenvalue weighted by molar-refractivity contribution is 5.26. The number of nitrogens with one attached hydrogen (secondary N) is 1. The van der Waals surface area contributed by atoms with Crippen molar-refractivity contribution in [3.8, 4) is 0 Å². The van der Waals surface area contributed by atoms with Gasteiger partial charge >= 0.3 is 6.18 Å². The molecule has 0 aliphatic carbocycles. The van der Waals surface area contributed by atoms with Crippen molar-refractivity contribution in [2.45, 2.75) is 18.6 Å². The first kappa shape index (κ1) is 14.5. The molecule has 0 radical (unpaired) electrons. The highest BCUT2D eigenvalue weighted by Gasteiger charge is 2.30. The minimum absolute atomic E-state index is 0.0604. The van der Waals surface area contributed by atoms with E-state index in [9.17, 15) is 13.2 Å². The molecular formula is C14H14F3N3. The molecular weight excluding hydrogens is 267 g/mol. The third-order valence-corrected chi connectivity index (χ3v) is 3.03. The van der Waals surface area contributed by atoms with Crippen LogP contribution in [0.3, 0.4) is 0 Å². The number of benzene rings is 1. The lowest BCUT2D eigenvalue weighted by atomic mass is 10.0. The normalized spacial score (nSPS) is 13.2. The van der Waals surface area contributed by atoms with Crippen molar-refractivity contribution in [1.29, 1.82) is 0 Å². The second-order valence-corrected chi connectivity index (χ2v) is 4.37. The Balaban J connectivity index is 2.13. The molecule has 1 aromatic carbocycles. The second-order valence-electron chi connectivity index (χ2n) is 4.37. The van der Waals surface area contributed by atoms with Gasteiger partial charge in [0.1, 0.15) is 6.33 Å². The molecule has 0 amide bonds. The van der Waals surface area contributed by atoms with Crippen LogP contribution < -0.4 is 5.32 Å². The van der Waals surface area contributed by atoms with Crippen molar-refractivity contribution in [1.82, 2.24) is 15.3 Å². The standard InChI is InChI=1S/C14H14F3N3/c1-18-13(12-6-7-19-9-20-12)8-10-2-4-11(5-3-10)14(15,16)17/h2-7,9,13,18H,8H2,1H3. The maximum atomic E-state index is 12.5. The van der Waals surface area contributed by atoms with E-state index in [2.05, 4.69) is 15.3 Å². The number of rotatable bonds is 4. The van der Waals surface area contributed by atoms with Crippen LogP contribution in [0.5, 0.6) is 0 Å². The highest BCUT2D eigenvalue weighted by Crippen LogP contribution is 2.29. The molecule has 0 aliphatic heterocycles. The summed E-state index contributed by atoms with van der Waals surface area (Å²) in [6, 6.07) is 6.91. The molecule has 106 valence electrons. The summed E-state index contributed by atoms with van der Waals surface area (Å²) in [5, 5.41) is 3.10. The van der Waals surface area contributed by atoms with Crippen LogP contribution in [0.25, 0.3) is 0 Å². The van der Waals surface area contributed by atoms with E-state index in [4.69, 9.17) is 0 Å². The Morgan fingerprint density at radius 2 is 1.85 bits per heavy atom. The maximum absolute atomic E-state index is 12.5. The lowest BCUT2D eigenvalue weighted by Crippen LogP contribution is -2.20. The van der Waals surface area contributed by atoms with Crippen molar-refractivity contribution >= 4 is 0 Å². The van der Waals surface area contributed by atoms with Crippen LogP contribution in [0, 0.1) is 0 Å². The zero-order valence-electron chi connectivity index (χ0n) is 10.9. The molecule has 0 bridgehead atoms. The predicted octanol–water partition coefficient (Wildman–Crippen LogP) is 3.00. The predicted molar refractivity (Wildman–Crippen MR) is 69.0 cm³/mol. The summed E-state index contributed by atoms with van der Waals surface area (Å²) in [4.78, 5) is 7.99. The summed E-state index contributed by atoms with van der Waals surface area (Å²) in [5.41, 5.74) is 0.989. The van der Waals surface area contributed by atoms with Gasteiger partial charge in [0.2, 0.25) is 0 Å².